The fraction of sp³-hybridized carbons (Fsp3) is 0.333. The second-order valence-electron chi connectivity index (χ2n) is 6.36. The number of hydrogen-bond acceptors (Lipinski definition) is 4. The molecule has 1 heterocycles. The molecule has 27 heavy (non-hydrogen) atoms. The molecule has 0 bridgehead atoms. The van der Waals surface area contributed by atoms with Crippen LogP contribution in [0.1, 0.15) is 25.3 Å². The Balaban J connectivity index is 1.50. The fourth-order valence-electron chi connectivity index (χ4n) is 2.98. The zero-order valence-electron chi connectivity index (χ0n) is 15.4. The second kappa shape index (κ2) is 9.07. The number of carbonyl (C=O) groups excluding carboxylic acids is 2. The number of nitrogens with zero attached hydrogens (tertiary/aromatic N) is 1. The topological polar surface area (TPSA) is 67.9 Å². The van der Waals surface area contributed by atoms with E-state index in [2.05, 4.69) is 5.32 Å². The molecule has 142 valence electrons. The molecule has 0 spiro atoms. The molecule has 0 atom stereocenters. The van der Waals surface area contributed by atoms with Crippen LogP contribution in [0.15, 0.2) is 48.5 Å². The highest BCUT2D eigenvalue weighted by Gasteiger charge is 2.20. The zero-order chi connectivity index (χ0) is 19.1. The quantitative estimate of drug-likeness (QED) is 0.777. The summed E-state index contributed by atoms with van der Waals surface area (Å²) in [6, 6.07) is 14.7. The Labute approximate surface area is 159 Å². The Morgan fingerprint density at radius 3 is 2.52 bits per heavy atom. The van der Waals surface area contributed by atoms with Crippen LogP contribution in [-0.4, -0.2) is 36.5 Å². The second-order valence-corrected chi connectivity index (χ2v) is 6.36. The van der Waals surface area contributed by atoms with Gasteiger partial charge in [-0.05, 0) is 55.3 Å². The number of ether oxygens (including phenoxy) is 2. The van der Waals surface area contributed by atoms with Crippen LogP contribution in [0.2, 0.25) is 0 Å². The van der Waals surface area contributed by atoms with Gasteiger partial charge in [0.15, 0.2) is 6.61 Å². The molecule has 1 aliphatic heterocycles. The average molecular weight is 368 g/mol. The summed E-state index contributed by atoms with van der Waals surface area (Å²) in [6.07, 6.45) is 1.54. The van der Waals surface area contributed by atoms with E-state index in [4.69, 9.17) is 9.47 Å². The van der Waals surface area contributed by atoms with Crippen LogP contribution in [0.3, 0.4) is 0 Å². The minimum absolute atomic E-state index is 0.0805. The molecule has 3 rings (SSSR count). The van der Waals surface area contributed by atoms with Crippen molar-refractivity contribution in [3.63, 3.8) is 0 Å². The lowest BCUT2D eigenvalue weighted by Gasteiger charge is -2.16. The highest BCUT2D eigenvalue weighted by molar-refractivity contribution is 5.92. The van der Waals surface area contributed by atoms with Crippen LogP contribution in [0.4, 0.5) is 5.69 Å². The van der Waals surface area contributed by atoms with Crippen LogP contribution >= 0.6 is 0 Å². The predicted molar refractivity (Wildman–Crippen MR) is 103 cm³/mol. The molecular formula is C21H24N2O4. The van der Waals surface area contributed by atoms with Crippen LogP contribution in [0.25, 0.3) is 0 Å². The van der Waals surface area contributed by atoms with Crippen molar-refractivity contribution in [1.82, 2.24) is 4.90 Å². The van der Waals surface area contributed by atoms with Gasteiger partial charge >= 0.3 is 0 Å². The summed E-state index contributed by atoms with van der Waals surface area (Å²) in [6.45, 7) is 3.82. The molecule has 6 heteroatoms. The van der Waals surface area contributed by atoms with Gasteiger partial charge < -0.3 is 19.7 Å². The first-order valence-corrected chi connectivity index (χ1v) is 9.16. The molecule has 1 aliphatic rings. The molecule has 0 aliphatic carbocycles. The maximum atomic E-state index is 12.1. The smallest absolute Gasteiger partial charge is 0.262 e. The van der Waals surface area contributed by atoms with E-state index in [1.807, 2.05) is 36.1 Å². The first kappa shape index (κ1) is 18.8. The lowest BCUT2D eigenvalue weighted by molar-refractivity contribution is -0.128. The van der Waals surface area contributed by atoms with Crippen molar-refractivity contribution in [2.45, 2.75) is 26.3 Å². The Hall–Kier alpha value is -3.02. The standard InChI is InChI=1S/C21H24N2O4/c1-2-26-18-8-10-19(11-9-18)27-15-20(24)22-17-6-3-5-16(13-17)14-23-12-4-7-21(23)25/h3,5-6,8-11,13H,2,4,7,12,14-15H2,1H3,(H,22,24). The van der Waals surface area contributed by atoms with E-state index >= 15 is 0 Å². The Kier molecular flexibility index (Phi) is 6.30. The van der Waals surface area contributed by atoms with Crippen molar-refractivity contribution in [3.8, 4) is 11.5 Å². The van der Waals surface area contributed by atoms with Gasteiger partial charge in [-0.15, -0.1) is 0 Å². The van der Waals surface area contributed by atoms with Crippen molar-refractivity contribution in [3.05, 3.63) is 54.1 Å². The molecule has 1 saturated heterocycles. The third-order valence-electron chi connectivity index (χ3n) is 4.26. The molecule has 0 radical (unpaired) electrons. The molecule has 1 fully saturated rings. The maximum Gasteiger partial charge on any atom is 0.262 e. The summed E-state index contributed by atoms with van der Waals surface area (Å²) in [7, 11) is 0. The summed E-state index contributed by atoms with van der Waals surface area (Å²) in [5.74, 6) is 1.32. The molecule has 2 aromatic rings. The molecule has 0 aromatic heterocycles. The van der Waals surface area contributed by atoms with E-state index in [1.165, 1.54) is 0 Å². The summed E-state index contributed by atoms with van der Waals surface area (Å²) in [5, 5.41) is 2.83. The minimum atomic E-state index is -0.238. The maximum absolute atomic E-state index is 12.1. The summed E-state index contributed by atoms with van der Waals surface area (Å²) < 4.78 is 10.9. The Morgan fingerprint density at radius 1 is 1.11 bits per heavy atom. The monoisotopic (exact) mass is 368 g/mol. The Bertz CT molecular complexity index is 789. The van der Waals surface area contributed by atoms with Crippen molar-refractivity contribution in [2.75, 3.05) is 25.1 Å². The first-order chi connectivity index (χ1) is 13.1. The van der Waals surface area contributed by atoms with Gasteiger partial charge in [0.2, 0.25) is 5.91 Å². The normalized spacial score (nSPS) is 13.5. The average Bonchev–Trinajstić information content (AvgIpc) is 3.06. The van der Waals surface area contributed by atoms with Gasteiger partial charge in [0.25, 0.3) is 5.91 Å². The number of likely N-dealkylation sites (tertiary alicyclic amines) is 1. The molecule has 2 aromatic carbocycles. The molecule has 1 N–H and O–H groups in total. The molecule has 2 amide bonds. The van der Waals surface area contributed by atoms with Gasteiger partial charge in [0.05, 0.1) is 6.61 Å². The highest BCUT2D eigenvalue weighted by atomic mass is 16.5. The van der Waals surface area contributed by atoms with Crippen LogP contribution in [0, 0.1) is 0 Å². The number of anilines is 1. The van der Waals surface area contributed by atoms with Crippen LogP contribution < -0.4 is 14.8 Å². The Morgan fingerprint density at radius 2 is 1.85 bits per heavy atom. The van der Waals surface area contributed by atoms with E-state index in [1.54, 1.807) is 24.3 Å². The van der Waals surface area contributed by atoms with E-state index in [0.717, 1.165) is 24.3 Å². The first-order valence-electron chi connectivity index (χ1n) is 9.16. The largest absolute Gasteiger partial charge is 0.494 e. The van der Waals surface area contributed by atoms with Crippen molar-refractivity contribution >= 4 is 17.5 Å². The molecule has 0 saturated carbocycles. The van der Waals surface area contributed by atoms with Crippen LogP contribution in [0.5, 0.6) is 11.5 Å². The number of carbonyl (C=O) groups is 2. The van der Waals surface area contributed by atoms with Gasteiger partial charge in [-0.2, -0.15) is 0 Å². The number of benzene rings is 2. The van der Waals surface area contributed by atoms with Gasteiger partial charge in [-0.1, -0.05) is 12.1 Å². The summed E-state index contributed by atoms with van der Waals surface area (Å²) in [4.78, 5) is 25.7. The van der Waals surface area contributed by atoms with Crippen molar-refractivity contribution in [2.24, 2.45) is 0 Å². The molecule has 0 unspecified atom stereocenters. The number of amides is 2. The number of nitrogens with one attached hydrogen (secondary N) is 1. The summed E-state index contributed by atoms with van der Waals surface area (Å²) >= 11 is 0. The van der Waals surface area contributed by atoms with E-state index in [-0.39, 0.29) is 18.4 Å². The zero-order valence-corrected chi connectivity index (χ0v) is 15.4. The highest BCUT2D eigenvalue weighted by Crippen LogP contribution is 2.19. The van der Waals surface area contributed by atoms with E-state index < -0.39 is 0 Å². The third kappa shape index (κ3) is 5.48. The third-order valence-corrected chi connectivity index (χ3v) is 4.26. The van der Waals surface area contributed by atoms with Gasteiger partial charge in [-0.25, -0.2) is 0 Å². The van der Waals surface area contributed by atoms with Gasteiger partial charge in [-0.3, -0.25) is 9.59 Å². The molecular weight excluding hydrogens is 344 g/mol. The number of hydrogen-bond donors (Lipinski definition) is 1. The predicted octanol–water partition coefficient (Wildman–Crippen LogP) is 3.23. The van der Waals surface area contributed by atoms with Gasteiger partial charge in [0, 0.05) is 25.2 Å². The molecule has 6 nitrogen and oxygen atoms in total. The summed E-state index contributed by atoms with van der Waals surface area (Å²) in [5.41, 5.74) is 1.69. The number of rotatable bonds is 8. The SMILES string of the molecule is CCOc1ccc(OCC(=O)Nc2cccc(CN3CCCC3=O)c2)cc1. The minimum Gasteiger partial charge on any atom is -0.494 e. The van der Waals surface area contributed by atoms with Crippen LogP contribution in [-0.2, 0) is 16.1 Å². The van der Waals surface area contributed by atoms with E-state index in [0.29, 0.717) is 31.0 Å². The lowest BCUT2D eigenvalue weighted by atomic mass is 10.2. The van der Waals surface area contributed by atoms with Crippen molar-refractivity contribution < 1.29 is 19.1 Å². The van der Waals surface area contributed by atoms with E-state index in [9.17, 15) is 9.59 Å². The fourth-order valence-corrected chi connectivity index (χ4v) is 2.98. The lowest BCUT2D eigenvalue weighted by Crippen LogP contribution is -2.24. The van der Waals surface area contributed by atoms with Crippen molar-refractivity contribution in [1.29, 1.82) is 0 Å². The van der Waals surface area contributed by atoms with Gasteiger partial charge in [0.1, 0.15) is 11.5 Å².